The van der Waals surface area contributed by atoms with E-state index in [-0.39, 0.29) is 13.0 Å². The summed E-state index contributed by atoms with van der Waals surface area (Å²) in [6.45, 7) is 2.15. The topological polar surface area (TPSA) is 72.6 Å². The molecular formula is C25H27NO4. The van der Waals surface area contributed by atoms with Crippen LogP contribution in [0.2, 0.25) is 0 Å². The van der Waals surface area contributed by atoms with Crippen molar-refractivity contribution in [3.05, 3.63) is 71.1 Å². The fourth-order valence-electron chi connectivity index (χ4n) is 4.09. The Morgan fingerprint density at radius 2 is 1.90 bits per heavy atom. The van der Waals surface area contributed by atoms with Crippen molar-refractivity contribution in [2.75, 3.05) is 0 Å². The smallest absolute Gasteiger partial charge is 0.307 e. The minimum Gasteiger partial charge on any atom is -0.487 e. The molecule has 1 fully saturated rings. The highest BCUT2D eigenvalue weighted by Crippen LogP contribution is 2.33. The van der Waals surface area contributed by atoms with Crippen molar-refractivity contribution in [2.24, 2.45) is 0 Å². The number of aliphatic carboxylic acids is 1. The summed E-state index contributed by atoms with van der Waals surface area (Å²) in [6, 6.07) is 15.7. The zero-order valence-electron chi connectivity index (χ0n) is 17.3. The largest absolute Gasteiger partial charge is 0.487 e. The van der Waals surface area contributed by atoms with Gasteiger partial charge in [-0.25, -0.2) is 4.98 Å². The SMILES string of the molecule is Cc1oc(-c2ccc(C3CCCCC3)cc2)nc1COc1cccc(CC(=O)O)c1. The summed E-state index contributed by atoms with van der Waals surface area (Å²) in [5.74, 6) is 1.76. The molecule has 4 rings (SSSR count). The van der Waals surface area contributed by atoms with E-state index < -0.39 is 5.97 Å². The fourth-order valence-corrected chi connectivity index (χ4v) is 4.09. The van der Waals surface area contributed by atoms with Crippen LogP contribution in [0.4, 0.5) is 0 Å². The molecule has 0 aliphatic heterocycles. The van der Waals surface area contributed by atoms with Crippen LogP contribution in [0, 0.1) is 6.92 Å². The number of aryl methyl sites for hydroxylation is 1. The van der Waals surface area contributed by atoms with Crippen molar-refractivity contribution in [1.82, 2.24) is 4.98 Å². The maximum atomic E-state index is 10.9. The molecule has 0 saturated heterocycles. The summed E-state index contributed by atoms with van der Waals surface area (Å²) in [5.41, 5.74) is 3.82. The molecule has 1 aliphatic carbocycles. The Morgan fingerprint density at radius 3 is 2.63 bits per heavy atom. The summed E-state index contributed by atoms with van der Waals surface area (Å²) in [5, 5.41) is 8.94. The van der Waals surface area contributed by atoms with Crippen LogP contribution in [0.3, 0.4) is 0 Å². The van der Waals surface area contributed by atoms with E-state index in [1.165, 1.54) is 37.7 Å². The van der Waals surface area contributed by atoms with Gasteiger partial charge in [-0.2, -0.15) is 0 Å². The number of oxazole rings is 1. The third-order valence-corrected chi connectivity index (χ3v) is 5.76. The lowest BCUT2D eigenvalue weighted by Gasteiger charge is -2.21. The first-order valence-corrected chi connectivity index (χ1v) is 10.6. The number of benzene rings is 2. The van der Waals surface area contributed by atoms with Crippen LogP contribution in [0.15, 0.2) is 52.9 Å². The molecule has 1 aromatic heterocycles. The molecule has 5 nitrogen and oxygen atoms in total. The second-order valence-electron chi connectivity index (χ2n) is 7.99. The Hall–Kier alpha value is -3.08. The Kier molecular flexibility index (Phi) is 6.17. The summed E-state index contributed by atoms with van der Waals surface area (Å²) >= 11 is 0. The van der Waals surface area contributed by atoms with Gasteiger partial charge in [-0.05, 0) is 61.1 Å². The number of carboxylic acids is 1. The van der Waals surface area contributed by atoms with Gasteiger partial charge < -0.3 is 14.3 Å². The normalized spacial score (nSPS) is 14.6. The van der Waals surface area contributed by atoms with Gasteiger partial charge in [-0.15, -0.1) is 0 Å². The Bertz CT molecular complexity index is 1000. The zero-order chi connectivity index (χ0) is 20.9. The van der Waals surface area contributed by atoms with Gasteiger partial charge in [-0.3, -0.25) is 4.79 Å². The third kappa shape index (κ3) is 4.90. The lowest BCUT2D eigenvalue weighted by molar-refractivity contribution is -0.136. The second-order valence-corrected chi connectivity index (χ2v) is 7.99. The quantitative estimate of drug-likeness (QED) is 0.529. The zero-order valence-corrected chi connectivity index (χ0v) is 17.3. The van der Waals surface area contributed by atoms with Gasteiger partial charge >= 0.3 is 5.97 Å². The number of ether oxygens (including phenoxy) is 1. The van der Waals surface area contributed by atoms with E-state index in [2.05, 4.69) is 29.2 Å². The Labute approximate surface area is 176 Å². The summed E-state index contributed by atoms with van der Waals surface area (Å²) < 4.78 is 11.7. The number of rotatable bonds is 7. The van der Waals surface area contributed by atoms with Gasteiger partial charge in [0.25, 0.3) is 0 Å². The first-order chi connectivity index (χ1) is 14.6. The van der Waals surface area contributed by atoms with Gasteiger partial charge in [0.15, 0.2) is 0 Å². The molecule has 2 aromatic carbocycles. The molecule has 156 valence electrons. The molecule has 0 amide bonds. The number of carboxylic acid groups (broad SMARTS) is 1. The first-order valence-electron chi connectivity index (χ1n) is 10.6. The molecule has 0 atom stereocenters. The molecule has 1 saturated carbocycles. The van der Waals surface area contributed by atoms with Crippen LogP contribution in [0.1, 0.15) is 60.6 Å². The molecule has 1 aliphatic rings. The van der Waals surface area contributed by atoms with Crippen molar-refractivity contribution in [2.45, 2.75) is 58.0 Å². The van der Waals surface area contributed by atoms with Crippen molar-refractivity contribution in [1.29, 1.82) is 0 Å². The number of hydrogen-bond donors (Lipinski definition) is 1. The molecule has 0 bridgehead atoms. The molecule has 1 heterocycles. The average Bonchev–Trinajstić information content (AvgIpc) is 3.13. The molecule has 3 aromatic rings. The predicted molar refractivity (Wildman–Crippen MR) is 115 cm³/mol. The molecule has 0 spiro atoms. The van der Waals surface area contributed by atoms with Crippen LogP contribution < -0.4 is 4.74 Å². The van der Waals surface area contributed by atoms with Gasteiger partial charge in [0.05, 0.1) is 6.42 Å². The number of nitrogens with zero attached hydrogens (tertiary/aromatic N) is 1. The Morgan fingerprint density at radius 1 is 1.13 bits per heavy atom. The molecule has 1 N–H and O–H groups in total. The van der Waals surface area contributed by atoms with Crippen LogP contribution in [0.25, 0.3) is 11.5 Å². The lowest BCUT2D eigenvalue weighted by atomic mass is 9.84. The predicted octanol–water partition coefficient (Wildman–Crippen LogP) is 5.90. The lowest BCUT2D eigenvalue weighted by Crippen LogP contribution is -2.04. The molecule has 5 heteroatoms. The minimum absolute atomic E-state index is 0.0266. The highest BCUT2D eigenvalue weighted by atomic mass is 16.5. The first kappa shape index (κ1) is 20.2. The van der Waals surface area contributed by atoms with Gasteiger partial charge in [0.2, 0.25) is 5.89 Å². The Balaban J connectivity index is 1.42. The van der Waals surface area contributed by atoms with E-state index in [4.69, 9.17) is 14.3 Å². The highest BCUT2D eigenvalue weighted by molar-refractivity contribution is 5.70. The van der Waals surface area contributed by atoms with E-state index >= 15 is 0 Å². The van der Waals surface area contributed by atoms with Gasteiger partial charge in [-0.1, -0.05) is 43.5 Å². The van der Waals surface area contributed by atoms with Crippen molar-refractivity contribution >= 4 is 5.97 Å². The van der Waals surface area contributed by atoms with Crippen LogP contribution >= 0.6 is 0 Å². The highest BCUT2D eigenvalue weighted by Gasteiger charge is 2.17. The average molecular weight is 405 g/mol. The van der Waals surface area contributed by atoms with E-state index in [0.717, 1.165) is 17.0 Å². The van der Waals surface area contributed by atoms with E-state index in [1.807, 2.05) is 13.0 Å². The fraction of sp³-hybridized carbons (Fsp3) is 0.360. The van der Waals surface area contributed by atoms with Gasteiger partial charge in [0.1, 0.15) is 23.8 Å². The summed E-state index contributed by atoms with van der Waals surface area (Å²) in [4.78, 5) is 15.5. The molecular weight excluding hydrogens is 378 g/mol. The maximum Gasteiger partial charge on any atom is 0.307 e. The monoisotopic (exact) mass is 405 g/mol. The minimum atomic E-state index is -0.862. The van der Waals surface area contributed by atoms with E-state index in [9.17, 15) is 4.79 Å². The van der Waals surface area contributed by atoms with E-state index in [0.29, 0.717) is 23.1 Å². The number of carbonyl (C=O) groups is 1. The van der Waals surface area contributed by atoms with Crippen molar-refractivity contribution < 1.29 is 19.1 Å². The van der Waals surface area contributed by atoms with Crippen molar-refractivity contribution in [3.8, 4) is 17.2 Å². The van der Waals surface area contributed by atoms with Gasteiger partial charge in [0, 0.05) is 5.56 Å². The number of aromatic nitrogens is 1. The summed E-state index contributed by atoms with van der Waals surface area (Å²) in [7, 11) is 0. The van der Waals surface area contributed by atoms with Crippen LogP contribution in [-0.2, 0) is 17.8 Å². The van der Waals surface area contributed by atoms with E-state index in [1.54, 1.807) is 18.2 Å². The second kappa shape index (κ2) is 9.16. The standard InChI is InChI=1S/C25H27NO4/c1-17-23(16-29-22-9-5-6-18(14-22)15-24(27)28)26-25(30-17)21-12-10-20(11-13-21)19-7-3-2-4-8-19/h5-6,9-14,19H,2-4,7-8,15-16H2,1H3,(H,27,28). The third-order valence-electron chi connectivity index (χ3n) is 5.76. The molecule has 0 unspecified atom stereocenters. The number of hydrogen-bond acceptors (Lipinski definition) is 4. The van der Waals surface area contributed by atoms with Crippen LogP contribution in [0.5, 0.6) is 5.75 Å². The maximum absolute atomic E-state index is 10.9. The van der Waals surface area contributed by atoms with Crippen molar-refractivity contribution in [3.63, 3.8) is 0 Å². The van der Waals surface area contributed by atoms with Crippen LogP contribution in [-0.4, -0.2) is 16.1 Å². The molecule has 0 radical (unpaired) electrons. The summed E-state index contributed by atoms with van der Waals surface area (Å²) in [6.07, 6.45) is 6.56. The molecule has 30 heavy (non-hydrogen) atoms.